The van der Waals surface area contributed by atoms with E-state index in [2.05, 4.69) is 9.84 Å². The van der Waals surface area contributed by atoms with E-state index in [1.165, 1.54) is 24.3 Å². The van der Waals surface area contributed by atoms with Crippen LogP contribution < -0.4 is 78.7 Å². The number of carbonyl (C=O) groups excluding carboxylic acids is 1. The van der Waals surface area contributed by atoms with Crippen LogP contribution in [0.25, 0.3) is 0 Å². The second kappa shape index (κ2) is 11.1. The van der Waals surface area contributed by atoms with E-state index in [9.17, 15) is 19.1 Å². The number of phosphoric ester groups is 1. The van der Waals surface area contributed by atoms with Crippen molar-refractivity contribution in [2.45, 2.75) is 0 Å². The maximum atomic E-state index is 12.3. The Balaban J connectivity index is 0.00000312. The molecular weight excluding hydrogens is 424 g/mol. The SMILES string of the molecule is N#Cc1ccc(NC(=O)c2cc(Cl)ccc2OP(=O)([O-])[O-])c(Cl)c1.[Na+].[Na+]. The average Bonchev–Trinajstić information content (AvgIpc) is 2.49. The topological polar surface area (TPSA) is 125 Å². The zero-order chi connectivity index (χ0) is 17.9. The number of halogens is 2. The minimum absolute atomic E-state index is 0. The number of hydrogen-bond donors (Lipinski definition) is 1. The summed E-state index contributed by atoms with van der Waals surface area (Å²) in [6, 6.07) is 9.54. The van der Waals surface area contributed by atoms with E-state index in [1.807, 2.05) is 6.07 Å². The molecule has 0 aliphatic heterocycles. The summed E-state index contributed by atoms with van der Waals surface area (Å²) < 4.78 is 15.0. The van der Waals surface area contributed by atoms with Gasteiger partial charge in [-0.3, -0.25) is 4.79 Å². The monoisotopic (exact) mass is 430 g/mol. The number of benzene rings is 2. The molecule has 0 fully saturated rings. The van der Waals surface area contributed by atoms with Crippen molar-refractivity contribution in [1.29, 1.82) is 5.26 Å². The molecule has 0 saturated carbocycles. The Morgan fingerprint density at radius 2 is 1.81 bits per heavy atom. The molecule has 124 valence electrons. The van der Waals surface area contributed by atoms with Gasteiger partial charge in [-0.2, -0.15) is 5.26 Å². The van der Waals surface area contributed by atoms with Crippen molar-refractivity contribution in [3.05, 3.63) is 57.6 Å². The number of amides is 1. The Labute approximate surface area is 203 Å². The molecule has 0 saturated heterocycles. The average molecular weight is 431 g/mol. The predicted octanol–water partition coefficient (Wildman–Crippen LogP) is -3.67. The van der Waals surface area contributed by atoms with E-state index in [0.717, 1.165) is 12.1 Å². The van der Waals surface area contributed by atoms with Gasteiger partial charge in [0.25, 0.3) is 5.91 Å². The van der Waals surface area contributed by atoms with Gasteiger partial charge in [0.05, 0.1) is 27.9 Å². The molecule has 0 bridgehead atoms. The maximum absolute atomic E-state index is 12.3. The molecule has 0 radical (unpaired) electrons. The molecule has 1 N–H and O–H groups in total. The zero-order valence-corrected chi connectivity index (χ0v) is 20.1. The van der Waals surface area contributed by atoms with Crippen molar-refractivity contribution in [3.8, 4) is 11.8 Å². The molecule has 0 atom stereocenters. The van der Waals surface area contributed by atoms with Crippen LogP contribution in [0.5, 0.6) is 5.75 Å². The summed E-state index contributed by atoms with van der Waals surface area (Å²) in [7, 11) is -5.36. The van der Waals surface area contributed by atoms with E-state index in [-0.39, 0.29) is 80.4 Å². The van der Waals surface area contributed by atoms with Crippen molar-refractivity contribution in [1.82, 2.24) is 0 Å². The van der Waals surface area contributed by atoms with Gasteiger partial charge < -0.3 is 24.2 Å². The van der Waals surface area contributed by atoms with Crippen molar-refractivity contribution < 1.29 is 82.8 Å². The number of anilines is 1. The van der Waals surface area contributed by atoms with E-state index >= 15 is 0 Å². The standard InChI is InChI=1S/C14H9Cl2N2O5P.2Na/c15-9-2-4-13(23-24(20,21)22)10(6-9)14(19)18-12-3-1-8(7-17)5-11(12)16;;/h1-6H,(H,18,19)(H2,20,21,22);;/q;2*+1/p-2. The number of phosphoric acid groups is 1. The largest absolute Gasteiger partial charge is 1.00 e. The normalized spacial score (nSPS) is 9.96. The number of nitrogens with zero attached hydrogens (tertiary/aromatic N) is 1. The van der Waals surface area contributed by atoms with Crippen LogP contribution in [0.3, 0.4) is 0 Å². The quantitative estimate of drug-likeness (QED) is 0.393. The number of nitrogens with one attached hydrogen (secondary N) is 1. The third kappa shape index (κ3) is 7.51. The molecule has 0 aromatic heterocycles. The molecule has 0 heterocycles. The first kappa shape index (κ1) is 25.9. The van der Waals surface area contributed by atoms with Crippen LogP contribution in [-0.4, -0.2) is 5.91 Å². The molecule has 1 amide bonds. The Hall–Kier alpha value is -0.0700. The van der Waals surface area contributed by atoms with Crippen LogP contribution in [-0.2, 0) is 4.57 Å². The van der Waals surface area contributed by atoms with Gasteiger partial charge in [-0.15, -0.1) is 0 Å². The summed E-state index contributed by atoms with van der Waals surface area (Å²) in [5, 5.41) is 11.4. The number of carbonyl (C=O) groups is 1. The Morgan fingerprint density at radius 3 is 2.35 bits per heavy atom. The second-order valence-electron chi connectivity index (χ2n) is 4.44. The molecule has 0 aliphatic carbocycles. The first-order valence-electron chi connectivity index (χ1n) is 6.22. The van der Waals surface area contributed by atoms with Crippen molar-refractivity contribution >= 4 is 42.6 Å². The first-order chi connectivity index (χ1) is 11.2. The van der Waals surface area contributed by atoms with Crippen molar-refractivity contribution in [2.75, 3.05) is 5.32 Å². The Kier molecular flexibility index (Phi) is 11.0. The second-order valence-corrected chi connectivity index (χ2v) is 6.36. The van der Waals surface area contributed by atoms with Crippen LogP contribution in [0.1, 0.15) is 15.9 Å². The van der Waals surface area contributed by atoms with Crippen LogP contribution in [0.4, 0.5) is 5.69 Å². The summed E-state index contributed by atoms with van der Waals surface area (Å²) in [5.74, 6) is -1.26. The van der Waals surface area contributed by atoms with E-state index in [4.69, 9.17) is 28.5 Å². The van der Waals surface area contributed by atoms with E-state index in [0.29, 0.717) is 5.56 Å². The van der Waals surface area contributed by atoms with E-state index < -0.39 is 19.5 Å². The Bertz CT molecular complexity index is 901. The van der Waals surface area contributed by atoms with Gasteiger partial charge in [-0.05, 0) is 36.4 Å². The molecule has 2 rings (SSSR count). The smallest absolute Gasteiger partial charge is 0.780 e. The summed E-state index contributed by atoms with van der Waals surface area (Å²) in [4.78, 5) is 33.9. The summed E-state index contributed by atoms with van der Waals surface area (Å²) >= 11 is 11.7. The molecule has 26 heavy (non-hydrogen) atoms. The fourth-order valence-corrected chi connectivity index (χ4v) is 2.56. The molecule has 0 aliphatic rings. The van der Waals surface area contributed by atoms with Gasteiger partial charge in [0.1, 0.15) is 13.6 Å². The van der Waals surface area contributed by atoms with Gasteiger partial charge >= 0.3 is 59.1 Å². The maximum Gasteiger partial charge on any atom is 1.00 e. The third-order valence-electron chi connectivity index (χ3n) is 2.74. The number of rotatable bonds is 4. The minimum Gasteiger partial charge on any atom is -0.780 e. The summed E-state index contributed by atoms with van der Waals surface area (Å²) in [5.41, 5.74) is 0.206. The molecule has 2 aromatic rings. The van der Waals surface area contributed by atoms with Crippen molar-refractivity contribution in [2.24, 2.45) is 0 Å². The fraction of sp³-hybridized carbons (Fsp3) is 0. The van der Waals surface area contributed by atoms with Gasteiger partial charge in [0, 0.05) is 5.02 Å². The van der Waals surface area contributed by atoms with Gasteiger partial charge in [-0.25, -0.2) is 0 Å². The van der Waals surface area contributed by atoms with Gasteiger partial charge in [0.2, 0.25) is 0 Å². The number of nitriles is 1. The predicted molar refractivity (Wildman–Crippen MR) is 83.8 cm³/mol. The minimum atomic E-state index is -5.36. The molecule has 0 unspecified atom stereocenters. The molecule has 2 aromatic carbocycles. The van der Waals surface area contributed by atoms with Crippen LogP contribution in [0, 0.1) is 11.3 Å². The van der Waals surface area contributed by atoms with Crippen molar-refractivity contribution in [3.63, 3.8) is 0 Å². The molecular formula is C14H7Cl2N2Na2O5P. The van der Waals surface area contributed by atoms with Gasteiger partial charge in [0.15, 0.2) is 0 Å². The molecule has 7 nitrogen and oxygen atoms in total. The van der Waals surface area contributed by atoms with Crippen LogP contribution in [0.15, 0.2) is 36.4 Å². The molecule has 0 spiro atoms. The fourth-order valence-electron chi connectivity index (χ4n) is 1.76. The van der Waals surface area contributed by atoms with Crippen LogP contribution in [0.2, 0.25) is 10.0 Å². The van der Waals surface area contributed by atoms with E-state index in [1.54, 1.807) is 0 Å². The number of hydrogen-bond acceptors (Lipinski definition) is 6. The third-order valence-corrected chi connectivity index (χ3v) is 3.71. The summed E-state index contributed by atoms with van der Waals surface area (Å²) in [6.07, 6.45) is 0. The Morgan fingerprint density at radius 1 is 1.15 bits per heavy atom. The first-order valence-corrected chi connectivity index (χ1v) is 8.43. The van der Waals surface area contributed by atoms with Crippen LogP contribution >= 0.6 is 31.0 Å². The molecule has 12 heteroatoms. The van der Waals surface area contributed by atoms with Gasteiger partial charge in [-0.1, -0.05) is 23.2 Å². The zero-order valence-electron chi connectivity index (χ0n) is 13.7. The summed E-state index contributed by atoms with van der Waals surface area (Å²) in [6.45, 7) is 0.